The third-order valence-electron chi connectivity index (χ3n) is 0.826. The fourth-order valence-electron chi connectivity index (χ4n) is 0.0915. The van der Waals surface area contributed by atoms with Crippen LogP contribution in [0.2, 0.25) is 0 Å². The number of carboxylic acid groups (broad SMARTS) is 2. The Hall–Kier alpha value is -1.30. The molecule has 0 radical (unpaired) electrons. The van der Waals surface area contributed by atoms with E-state index in [1.807, 2.05) is 20.8 Å². The normalized spacial score (nSPS) is 9.54. The summed E-state index contributed by atoms with van der Waals surface area (Å²) in [7, 11) is 1.71. The van der Waals surface area contributed by atoms with Crippen LogP contribution in [-0.2, 0) is 4.74 Å². The Bertz CT molecular complexity index is 160. The van der Waals surface area contributed by atoms with E-state index in [1.165, 1.54) is 0 Å². The number of carbonyl (C=O) groups is 2. The van der Waals surface area contributed by atoms with Crippen LogP contribution in [-0.4, -0.2) is 35.1 Å². The maximum atomic E-state index is 9.32. The van der Waals surface area contributed by atoms with Crippen LogP contribution in [0.15, 0.2) is 0 Å². The molecule has 13 heavy (non-hydrogen) atoms. The van der Waals surface area contributed by atoms with E-state index in [0.29, 0.717) is 0 Å². The molecule has 78 valence electrons. The molecule has 0 saturated carbocycles. The van der Waals surface area contributed by atoms with Gasteiger partial charge in [0.05, 0.1) is 5.60 Å². The Labute approximate surface area is 76.5 Å². The molecule has 0 rings (SSSR count). The highest BCUT2D eigenvalue weighted by atomic mass is 16.5. The molecule has 0 bridgehead atoms. The molecule has 0 aromatic rings. The first-order valence-corrected chi connectivity index (χ1v) is 3.47. The molecular formula is C7H15NO5. The Balaban J connectivity index is 0. The largest absolute Gasteiger partial charge is 0.465 e. The minimum Gasteiger partial charge on any atom is -0.465 e. The molecule has 0 aromatic carbocycles. The highest BCUT2D eigenvalue weighted by Gasteiger charge is 2.04. The van der Waals surface area contributed by atoms with Crippen LogP contribution in [0.25, 0.3) is 0 Å². The van der Waals surface area contributed by atoms with Crippen molar-refractivity contribution in [3.05, 3.63) is 0 Å². The molecule has 3 N–H and O–H groups in total. The molecule has 0 unspecified atom stereocenters. The summed E-state index contributed by atoms with van der Waals surface area (Å²) in [5, 5.41) is 16.3. The van der Waals surface area contributed by atoms with Gasteiger partial charge in [-0.1, -0.05) is 0 Å². The lowest BCUT2D eigenvalue weighted by molar-refractivity contribution is 0.0397. The summed E-state index contributed by atoms with van der Waals surface area (Å²) < 4.78 is 4.94. The second-order valence-corrected chi connectivity index (χ2v) is 3.05. The quantitative estimate of drug-likeness (QED) is 0.539. The van der Waals surface area contributed by atoms with Crippen LogP contribution in [0, 0.1) is 0 Å². The number of ether oxygens (including phenoxy) is 1. The van der Waals surface area contributed by atoms with Crippen LogP contribution < -0.4 is 5.32 Å². The van der Waals surface area contributed by atoms with Crippen molar-refractivity contribution in [1.82, 2.24) is 5.32 Å². The lowest BCUT2D eigenvalue weighted by atomic mass is 10.2. The molecule has 0 aliphatic heterocycles. The van der Waals surface area contributed by atoms with Gasteiger partial charge in [-0.3, -0.25) is 0 Å². The zero-order chi connectivity index (χ0) is 11.1. The van der Waals surface area contributed by atoms with Crippen LogP contribution in [0.5, 0.6) is 0 Å². The van der Waals surface area contributed by atoms with Crippen LogP contribution in [0.4, 0.5) is 9.59 Å². The number of rotatable bonds is 0. The average molecular weight is 193 g/mol. The van der Waals surface area contributed by atoms with Crippen molar-refractivity contribution in [3.8, 4) is 0 Å². The highest BCUT2D eigenvalue weighted by Crippen LogP contribution is 2.02. The molecule has 2 amide bonds. The van der Waals surface area contributed by atoms with E-state index < -0.39 is 12.2 Å². The van der Waals surface area contributed by atoms with Crippen LogP contribution in [0.3, 0.4) is 0 Å². The average Bonchev–Trinajstić information content (AvgIpc) is 1.84. The standard InChI is InChI=1S/C5H12O.C2H3NO4/c1-5(2,3)6-4;4-1(5)3-2(6)7/h1-4H3;3H,(H,4,5)(H,6,7). The zero-order valence-corrected chi connectivity index (χ0v) is 8.12. The fourth-order valence-corrected chi connectivity index (χ4v) is 0.0915. The summed E-state index contributed by atoms with van der Waals surface area (Å²) in [6.45, 7) is 6.06. The molecule has 0 aromatic heterocycles. The Kier molecular flexibility index (Phi) is 6.84. The Morgan fingerprint density at radius 1 is 1.15 bits per heavy atom. The maximum Gasteiger partial charge on any atom is 0.414 e. The first-order valence-electron chi connectivity index (χ1n) is 3.47. The van der Waals surface area contributed by atoms with Crippen molar-refractivity contribution in [2.45, 2.75) is 26.4 Å². The lowest BCUT2D eigenvalue weighted by Gasteiger charge is -2.14. The van der Waals surface area contributed by atoms with Crippen molar-refractivity contribution < 1.29 is 24.5 Å². The van der Waals surface area contributed by atoms with Gasteiger partial charge in [-0.05, 0) is 20.8 Å². The van der Waals surface area contributed by atoms with Crippen molar-refractivity contribution in [2.75, 3.05) is 7.11 Å². The van der Waals surface area contributed by atoms with Gasteiger partial charge in [-0.2, -0.15) is 0 Å². The van der Waals surface area contributed by atoms with Gasteiger partial charge in [0.2, 0.25) is 0 Å². The second kappa shape index (κ2) is 6.24. The minimum absolute atomic E-state index is 0.0417. The molecule has 6 heteroatoms. The number of hydrogen-bond donors (Lipinski definition) is 3. The maximum absolute atomic E-state index is 9.32. The number of amides is 2. The molecule has 6 nitrogen and oxygen atoms in total. The van der Waals surface area contributed by atoms with Crippen molar-refractivity contribution in [2.24, 2.45) is 0 Å². The van der Waals surface area contributed by atoms with Gasteiger partial charge in [0, 0.05) is 7.11 Å². The topological polar surface area (TPSA) is 95.9 Å². The number of nitrogens with one attached hydrogen (secondary N) is 1. The van der Waals surface area contributed by atoms with Crippen molar-refractivity contribution in [3.63, 3.8) is 0 Å². The highest BCUT2D eigenvalue weighted by molar-refractivity contribution is 5.84. The van der Waals surface area contributed by atoms with E-state index >= 15 is 0 Å². The van der Waals surface area contributed by atoms with Crippen LogP contribution >= 0.6 is 0 Å². The smallest absolute Gasteiger partial charge is 0.414 e. The second-order valence-electron chi connectivity index (χ2n) is 3.05. The predicted molar refractivity (Wildman–Crippen MR) is 45.9 cm³/mol. The molecular weight excluding hydrogens is 178 g/mol. The lowest BCUT2D eigenvalue weighted by Crippen LogP contribution is -2.26. The molecule has 0 atom stereocenters. The SMILES string of the molecule is COC(C)(C)C.O=C(O)NC(=O)O. The van der Waals surface area contributed by atoms with E-state index in [4.69, 9.17) is 14.9 Å². The number of hydrogen-bond acceptors (Lipinski definition) is 3. The molecule has 0 fully saturated rings. The minimum atomic E-state index is -1.56. The van der Waals surface area contributed by atoms with Gasteiger partial charge in [-0.25, -0.2) is 14.9 Å². The fraction of sp³-hybridized carbons (Fsp3) is 0.714. The molecule has 0 heterocycles. The van der Waals surface area contributed by atoms with Gasteiger partial charge < -0.3 is 14.9 Å². The van der Waals surface area contributed by atoms with E-state index in [0.717, 1.165) is 5.32 Å². The van der Waals surface area contributed by atoms with E-state index in [2.05, 4.69) is 0 Å². The van der Waals surface area contributed by atoms with Crippen LogP contribution in [0.1, 0.15) is 20.8 Å². The Morgan fingerprint density at radius 2 is 1.38 bits per heavy atom. The zero-order valence-electron chi connectivity index (χ0n) is 8.12. The molecule has 0 spiro atoms. The number of methoxy groups -OCH3 is 1. The van der Waals surface area contributed by atoms with Crippen molar-refractivity contribution in [1.29, 1.82) is 0 Å². The summed E-state index contributed by atoms with van der Waals surface area (Å²) in [6, 6.07) is 0. The summed E-state index contributed by atoms with van der Waals surface area (Å²) >= 11 is 0. The monoisotopic (exact) mass is 193 g/mol. The molecule has 0 saturated heterocycles. The van der Waals surface area contributed by atoms with Gasteiger partial charge in [0.15, 0.2) is 0 Å². The third-order valence-corrected chi connectivity index (χ3v) is 0.826. The summed E-state index contributed by atoms with van der Waals surface area (Å²) in [4.78, 5) is 18.6. The van der Waals surface area contributed by atoms with Gasteiger partial charge in [0.25, 0.3) is 0 Å². The van der Waals surface area contributed by atoms with Gasteiger partial charge in [-0.15, -0.1) is 0 Å². The van der Waals surface area contributed by atoms with E-state index in [-0.39, 0.29) is 5.60 Å². The first-order chi connectivity index (χ1) is 5.69. The number of imide groups is 1. The first kappa shape index (κ1) is 14.2. The van der Waals surface area contributed by atoms with E-state index in [9.17, 15) is 9.59 Å². The molecule has 0 aliphatic carbocycles. The predicted octanol–water partition coefficient (Wildman–Crippen LogP) is 1.36. The molecule has 0 aliphatic rings. The van der Waals surface area contributed by atoms with E-state index in [1.54, 1.807) is 7.11 Å². The summed E-state index contributed by atoms with van der Waals surface area (Å²) in [5.41, 5.74) is 0.0417. The van der Waals surface area contributed by atoms with Crippen molar-refractivity contribution >= 4 is 12.2 Å². The van der Waals surface area contributed by atoms with Gasteiger partial charge >= 0.3 is 12.2 Å². The summed E-state index contributed by atoms with van der Waals surface area (Å²) in [6.07, 6.45) is -3.12. The Morgan fingerprint density at radius 3 is 1.38 bits per heavy atom. The summed E-state index contributed by atoms with van der Waals surface area (Å²) in [5.74, 6) is 0. The van der Waals surface area contributed by atoms with Gasteiger partial charge in [0.1, 0.15) is 0 Å². The third kappa shape index (κ3) is 24.9.